The van der Waals surface area contributed by atoms with Crippen molar-refractivity contribution in [2.45, 2.75) is 39.3 Å². The first-order valence-corrected chi connectivity index (χ1v) is 12.8. The molecule has 0 saturated carbocycles. The standard InChI is InChI=1S/C26H30N2O4S/c1-5-21-11-13-22(14-12-21)19(2)27-26(29)20(3)28(33(4,30)31)23-15-17-25(18-16-23)32-24-9-7-6-8-10-24/h6-20H,5H2,1-4H3,(H,27,29)/t19-,20-/m1/s1. The van der Waals surface area contributed by atoms with Crippen LogP contribution in [-0.2, 0) is 21.2 Å². The van der Waals surface area contributed by atoms with E-state index in [1.807, 2.05) is 61.5 Å². The molecule has 3 aromatic carbocycles. The minimum Gasteiger partial charge on any atom is -0.457 e. The zero-order valence-electron chi connectivity index (χ0n) is 19.4. The Labute approximate surface area is 196 Å². The van der Waals surface area contributed by atoms with E-state index in [9.17, 15) is 13.2 Å². The smallest absolute Gasteiger partial charge is 0.244 e. The summed E-state index contributed by atoms with van der Waals surface area (Å²) in [4.78, 5) is 13.0. The second kappa shape index (κ2) is 10.5. The van der Waals surface area contributed by atoms with Gasteiger partial charge in [-0.2, -0.15) is 0 Å². The summed E-state index contributed by atoms with van der Waals surface area (Å²) in [5.41, 5.74) is 2.56. The van der Waals surface area contributed by atoms with E-state index in [4.69, 9.17) is 4.74 Å². The molecule has 0 aliphatic heterocycles. The molecule has 6 nitrogen and oxygen atoms in total. The van der Waals surface area contributed by atoms with Gasteiger partial charge in [0.1, 0.15) is 17.5 Å². The lowest BCUT2D eigenvalue weighted by molar-refractivity contribution is -0.122. The zero-order valence-corrected chi connectivity index (χ0v) is 20.2. The molecular weight excluding hydrogens is 436 g/mol. The third-order valence-corrected chi connectivity index (χ3v) is 6.65. The fourth-order valence-electron chi connectivity index (χ4n) is 3.55. The Morgan fingerprint density at radius 3 is 2.03 bits per heavy atom. The van der Waals surface area contributed by atoms with Crippen LogP contribution in [0.4, 0.5) is 5.69 Å². The van der Waals surface area contributed by atoms with Gasteiger partial charge >= 0.3 is 0 Å². The number of para-hydroxylation sites is 1. The summed E-state index contributed by atoms with van der Waals surface area (Å²) in [6, 6.07) is 22.8. The first kappa shape index (κ1) is 24.3. The molecule has 1 N–H and O–H groups in total. The molecule has 33 heavy (non-hydrogen) atoms. The monoisotopic (exact) mass is 466 g/mol. The Morgan fingerprint density at radius 1 is 0.909 bits per heavy atom. The molecule has 174 valence electrons. The van der Waals surface area contributed by atoms with E-state index in [0.29, 0.717) is 17.2 Å². The normalized spacial score (nSPS) is 13.1. The van der Waals surface area contributed by atoms with Gasteiger partial charge in [0.15, 0.2) is 0 Å². The van der Waals surface area contributed by atoms with E-state index in [1.54, 1.807) is 31.2 Å². The van der Waals surface area contributed by atoms with Crippen LogP contribution in [0.3, 0.4) is 0 Å². The Morgan fingerprint density at radius 2 is 1.48 bits per heavy atom. The first-order chi connectivity index (χ1) is 15.7. The van der Waals surface area contributed by atoms with E-state index in [1.165, 1.54) is 5.56 Å². The Bertz CT molecular complexity index is 1160. The zero-order chi connectivity index (χ0) is 24.0. The van der Waals surface area contributed by atoms with Gasteiger partial charge in [-0.05, 0) is 67.8 Å². The van der Waals surface area contributed by atoms with Crippen LogP contribution >= 0.6 is 0 Å². The van der Waals surface area contributed by atoms with Gasteiger partial charge in [-0.15, -0.1) is 0 Å². The number of rotatable bonds is 9. The lowest BCUT2D eigenvalue weighted by Gasteiger charge is -2.29. The molecule has 0 fully saturated rings. The summed E-state index contributed by atoms with van der Waals surface area (Å²) in [5, 5.41) is 2.93. The molecule has 7 heteroatoms. The number of hydrogen-bond donors (Lipinski definition) is 1. The van der Waals surface area contributed by atoms with E-state index in [2.05, 4.69) is 12.2 Å². The molecule has 3 aromatic rings. The Hall–Kier alpha value is -3.32. The third-order valence-electron chi connectivity index (χ3n) is 5.41. The van der Waals surface area contributed by atoms with Gasteiger partial charge in [0.05, 0.1) is 18.0 Å². The van der Waals surface area contributed by atoms with E-state index < -0.39 is 16.1 Å². The summed E-state index contributed by atoms with van der Waals surface area (Å²) in [7, 11) is -3.71. The van der Waals surface area contributed by atoms with Crippen LogP contribution in [0.2, 0.25) is 0 Å². The minimum absolute atomic E-state index is 0.256. The SMILES string of the molecule is CCc1ccc([C@@H](C)NC(=O)[C@@H](C)N(c2ccc(Oc3ccccc3)cc2)S(C)(=O)=O)cc1. The lowest BCUT2D eigenvalue weighted by Crippen LogP contribution is -2.48. The summed E-state index contributed by atoms with van der Waals surface area (Å²) in [6.45, 7) is 5.55. The summed E-state index contributed by atoms with van der Waals surface area (Å²) >= 11 is 0. The molecule has 0 aliphatic carbocycles. The Kier molecular flexibility index (Phi) is 7.76. The number of nitrogens with one attached hydrogen (secondary N) is 1. The number of hydrogen-bond acceptors (Lipinski definition) is 4. The minimum atomic E-state index is -3.71. The maximum absolute atomic E-state index is 13.0. The van der Waals surface area contributed by atoms with Crippen LogP contribution in [0.25, 0.3) is 0 Å². The molecule has 0 saturated heterocycles. The highest BCUT2D eigenvalue weighted by atomic mass is 32.2. The molecule has 0 radical (unpaired) electrons. The quantitative estimate of drug-likeness (QED) is 0.478. The van der Waals surface area contributed by atoms with Gasteiger partial charge in [-0.1, -0.05) is 49.4 Å². The summed E-state index contributed by atoms with van der Waals surface area (Å²) < 4.78 is 32.1. The average Bonchev–Trinajstić information content (AvgIpc) is 2.80. The number of ether oxygens (including phenoxy) is 1. The first-order valence-electron chi connectivity index (χ1n) is 10.9. The van der Waals surface area contributed by atoms with Crippen molar-refractivity contribution >= 4 is 21.6 Å². The molecule has 0 unspecified atom stereocenters. The van der Waals surface area contributed by atoms with Gasteiger partial charge in [-0.3, -0.25) is 9.10 Å². The topological polar surface area (TPSA) is 75.7 Å². The van der Waals surface area contributed by atoms with Gasteiger partial charge < -0.3 is 10.1 Å². The molecule has 2 atom stereocenters. The highest BCUT2D eigenvalue weighted by Gasteiger charge is 2.30. The van der Waals surface area contributed by atoms with Crippen LogP contribution in [0.15, 0.2) is 78.9 Å². The van der Waals surface area contributed by atoms with Gasteiger partial charge in [0.2, 0.25) is 15.9 Å². The largest absolute Gasteiger partial charge is 0.457 e. The molecular formula is C26H30N2O4S. The van der Waals surface area contributed by atoms with Gasteiger partial charge in [-0.25, -0.2) is 8.42 Å². The van der Waals surface area contributed by atoms with Crippen molar-refractivity contribution in [1.29, 1.82) is 0 Å². The molecule has 0 heterocycles. The van der Waals surface area contributed by atoms with E-state index >= 15 is 0 Å². The highest BCUT2D eigenvalue weighted by Crippen LogP contribution is 2.27. The predicted octanol–water partition coefficient (Wildman–Crippen LogP) is 5.07. The number of nitrogens with zero attached hydrogens (tertiary/aromatic N) is 1. The van der Waals surface area contributed by atoms with Crippen molar-refractivity contribution in [2.75, 3.05) is 10.6 Å². The van der Waals surface area contributed by atoms with Gasteiger partial charge in [0.25, 0.3) is 0 Å². The van der Waals surface area contributed by atoms with Crippen LogP contribution in [0, 0.1) is 0 Å². The van der Waals surface area contributed by atoms with E-state index in [0.717, 1.165) is 22.5 Å². The van der Waals surface area contributed by atoms with E-state index in [-0.39, 0.29) is 11.9 Å². The fraction of sp³-hybridized carbons (Fsp3) is 0.269. The number of benzene rings is 3. The number of sulfonamides is 1. The van der Waals surface area contributed by atoms with Crippen molar-refractivity contribution in [3.63, 3.8) is 0 Å². The number of carbonyl (C=O) groups is 1. The molecule has 0 bridgehead atoms. The maximum atomic E-state index is 13.0. The number of anilines is 1. The fourth-order valence-corrected chi connectivity index (χ4v) is 4.73. The average molecular weight is 467 g/mol. The summed E-state index contributed by atoms with van der Waals surface area (Å²) in [5.74, 6) is 0.871. The molecule has 0 aromatic heterocycles. The highest BCUT2D eigenvalue weighted by molar-refractivity contribution is 7.92. The molecule has 1 amide bonds. The second-order valence-corrected chi connectivity index (χ2v) is 9.83. The Balaban J connectivity index is 1.75. The van der Waals surface area contributed by atoms with Crippen LogP contribution in [0.1, 0.15) is 37.9 Å². The molecule has 3 rings (SSSR count). The number of aryl methyl sites for hydroxylation is 1. The van der Waals surface area contributed by atoms with Crippen molar-refractivity contribution in [3.05, 3.63) is 90.0 Å². The van der Waals surface area contributed by atoms with Crippen molar-refractivity contribution in [2.24, 2.45) is 0 Å². The van der Waals surface area contributed by atoms with Crippen LogP contribution in [-0.4, -0.2) is 26.6 Å². The predicted molar refractivity (Wildman–Crippen MR) is 132 cm³/mol. The molecule has 0 aliphatic rings. The van der Waals surface area contributed by atoms with Crippen molar-refractivity contribution in [3.8, 4) is 11.5 Å². The van der Waals surface area contributed by atoms with Gasteiger partial charge in [0, 0.05) is 0 Å². The van der Waals surface area contributed by atoms with Crippen molar-refractivity contribution < 1.29 is 17.9 Å². The lowest BCUT2D eigenvalue weighted by atomic mass is 10.0. The number of amides is 1. The second-order valence-electron chi connectivity index (χ2n) is 7.97. The number of carbonyl (C=O) groups excluding carboxylic acids is 1. The van der Waals surface area contributed by atoms with Crippen LogP contribution in [0.5, 0.6) is 11.5 Å². The third kappa shape index (κ3) is 6.35. The summed E-state index contributed by atoms with van der Waals surface area (Å²) in [6.07, 6.45) is 2.04. The van der Waals surface area contributed by atoms with Crippen molar-refractivity contribution in [1.82, 2.24) is 5.32 Å². The molecule has 0 spiro atoms. The maximum Gasteiger partial charge on any atom is 0.244 e. The van der Waals surface area contributed by atoms with Crippen LogP contribution < -0.4 is 14.4 Å².